The third-order valence-electron chi connectivity index (χ3n) is 5.68. The molecule has 1 saturated heterocycles. The Kier molecular flexibility index (Phi) is 4.87. The number of carbonyl (C=O) groups excluding carboxylic acids is 1. The molecule has 3 aromatic rings. The van der Waals surface area contributed by atoms with E-state index in [1.807, 2.05) is 4.90 Å². The molecule has 2 aromatic heterocycles. The Morgan fingerprint density at radius 2 is 2.09 bits per heavy atom. The zero-order chi connectivity index (χ0) is 22.4. The number of carbonyl (C=O) groups is 1. The first-order valence-electron chi connectivity index (χ1n) is 10.1. The Morgan fingerprint density at radius 3 is 2.84 bits per heavy atom. The number of aromatic nitrogens is 3. The molecule has 166 valence electrons. The second kappa shape index (κ2) is 7.74. The molecule has 2 aliphatic rings. The fourth-order valence-corrected chi connectivity index (χ4v) is 4.15. The largest absolute Gasteiger partial charge is 0.509 e. The van der Waals surface area contributed by atoms with Gasteiger partial charge in [0.25, 0.3) is 6.43 Å². The van der Waals surface area contributed by atoms with E-state index in [1.54, 1.807) is 12.3 Å². The lowest BCUT2D eigenvalue weighted by atomic mass is 9.98. The molecule has 2 amide bonds. The van der Waals surface area contributed by atoms with E-state index in [2.05, 4.69) is 15.4 Å². The van der Waals surface area contributed by atoms with Crippen LogP contribution in [-0.2, 0) is 0 Å². The minimum atomic E-state index is -2.71. The van der Waals surface area contributed by atoms with Crippen molar-refractivity contribution in [2.45, 2.75) is 25.3 Å². The zero-order valence-corrected chi connectivity index (χ0v) is 16.8. The topological polar surface area (TPSA) is 86.0 Å². The second-order valence-corrected chi connectivity index (χ2v) is 7.72. The molecule has 5 rings (SSSR count). The lowest BCUT2D eigenvalue weighted by molar-refractivity contribution is 0.149. The zero-order valence-electron chi connectivity index (χ0n) is 16.8. The van der Waals surface area contributed by atoms with Crippen molar-refractivity contribution in [1.82, 2.24) is 19.5 Å². The molecule has 32 heavy (non-hydrogen) atoms. The van der Waals surface area contributed by atoms with Crippen LogP contribution in [0.15, 0.2) is 48.6 Å². The fourth-order valence-electron chi connectivity index (χ4n) is 4.15. The molecule has 0 saturated carbocycles. The standard InChI is InChI=1S/C21H19F3N6O2/c22-12-3-4-14(19(23)24)15(8-12)17-2-1-6-29(17)18-5-7-30-20(27-18)16(9-25-30)26-21(32)28-10-13(31)11-28/h3-5,7-10,17,19,31H,1-2,6,11H2,(H,26,32)/t17-/m1/s1. The average Bonchev–Trinajstić information content (AvgIpc) is 3.38. The molecular formula is C21H19F3N6O2. The fraction of sp³-hybridized carbons (Fsp3) is 0.286. The van der Waals surface area contributed by atoms with Crippen LogP contribution >= 0.6 is 0 Å². The Hall–Kier alpha value is -3.76. The molecule has 2 aliphatic heterocycles. The number of nitrogens with one attached hydrogen (secondary N) is 1. The number of fused-ring (bicyclic) bond motifs is 1. The molecule has 0 radical (unpaired) electrons. The van der Waals surface area contributed by atoms with Crippen molar-refractivity contribution in [1.29, 1.82) is 0 Å². The Bertz CT molecular complexity index is 1230. The van der Waals surface area contributed by atoms with Crippen LogP contribution in [0.25, 0.3) is 5.65 Å². The summed E-state index contributed by atoms with van der Waals surface area (Å²) in [5.41, 5.74) is 0.813. The normalized spacial score (nSPS) is 18.2. The van der Waals surface area contributed by atoms with Gasteiger partial charge in [-0.1, -0.05) is 6.07 Å². The van der Waals surface area contributed by atoms with Gasteiger partial charge in [0.05, 0.1) is 18.8 Å². The number of anilines is 2. The molecular weight excluding hydrogens is 425 g/mol. The van der Waals surface area contributed by atoms with Crippen LogP contribution in [0.3, 0.4) is 0 Å². The van der Waals surface area contributed by atoms with E-state index in [4.69, 9.17) is 0 Å². The highest BCUT2D eigenvalue weighted by Gasteiger charge is 2.31. The van der Waals surface area contributed by atoms with Crippen molar-refractivity contribution < 1.29 is 23.1 Å². The summed E-state index contributed by atoms with van der Waals surface area (Å²) in [5.74, 6) is 0.0644. The highest BCUT2D eigenvalue weighted by atomic mass is 19.3. The molecule has 2 N–H and O–H groups in total. The molecule has 0 spiro atoms. The molecule has 0 bridgehead atoms. The predicted octanol–water partition coefficient (Wildman–Crippen LogP) is 4.39. The SMILES string of the molecule is O=C(Nc1cnn2ccc(N3CCC[C@@H]3c3cc(F)ccc3C(F)F)nc12)N1C=C(O)C1. The number of rotatable bonds is 4. The van der Waals surface area contributed by atoms with Crippen LogP contribution in [0, 0.1) is 5.82 Å². The molecule has 1 atom stereocenters. The predicted molar refractivity (Wildman–Crippen MR) is 110 cm³/mol. The van der Waals surface area contributed by atoms with Gasteiger partial charge in [-0.05, 0) is 36.6 Å². The van der Waals surface area contributed by atoms with Crippen LogP contribution in [0.5, 0.6) is 0 Å². The summed E-state index contributed by atoms with van der Waals surface area (Å²) in [6.07, 6.45) is 3.05. The average molecular weight is 444 g/mol. The van der Waals surface area contributed by atoms with Crippen molar-refractivity contribution in [2.75, 3.05) is 23.3 Å². The van der Waals surface area contributed by atoms with E-state index in [1.165, 1.54) is 27.9 Å². The Labute approximate surface area is 180 Å². The minimum absolute atomic E-state index is 0.112. The number of hydrogen-bond acceptors (Lipinski definition) is 5. The van der Waals surface area contributed by atoms with E-state index in [9.17, 15) is 23.1 Å². The molecule has 0 unspecified atom stereocenters. The number of aliphatic hydroxyl groups is 1. The monoisotopic (exact) mass is 444 g/mol. The first-order valence-corrected chi connectivity index (χ1v) is 10.1. The lowest BCUT2D eigenvalue weighted by Crippen LogP contribution is -2.38. The first-order chi connectivity index (χ1) is 15.4. The van der Waals surface area contributed by atoms with Gasteiger partial charge in [-0.3, -0.25) is 4.90 Å². The van der Waals surface area contributed by atoms with Crippen molar-refractivity contribution >= 4 is 23.2 Å². The van der Waals surface area contributed by atoms with Gasteiger partial charge in [-0.15, -0.1) is 0 Å². The third kappa shape index (κ3) is 3.49. The minimum Gasteiger partial charge on any atom is -0.509 e. The van der Waals surface area contributed by atoms with Crippen LogP contribution in [0.1, 0.15) is 36.4 Å². The van der Waals surface area contributed by atoms with Gasteiger partial charge >= 0.3 is 6.03 Å². The Morgan fingerprint density at radius 1 is 1.28 bits per heavy atom. The van der Waals surface area contributed by atoms with Gasteiger partial charge < -0.3 is 15.3 Å². The first kappa shape index (κ1) is 20.2. The van der Waals surface area contributed by atoms with Crippen molar-refractivity contribution in [3.8, 4) is 0 Å². The molecule has 1 aromatic carbocycles. The molecule has 8 nitrogen and oxygen atoms in total. The lowest BCUT2D eigenvalue weighted by Gasteiger charge is -2.28. The smallest absolute Gasteiger partial charge is 0.326 e. The van der Waals surface area contributed by atoms with Crippen molar-refractivity contribution in [2.24, 2.45) is 0 Å². The maximum Gasteiger partial charge on any atom is 0.326 e. The quantitative estimate of drug-likeness (QED) is 0.623. The second-order valence-electron chi connectivity index (χ2n) is 7.72. The van der Waals surface area contributed by atoms with E-state index >= 15 is 0 Å². The molecule has 11 heteroatoms. The number of urea groups is 1. The van der Waals surface area contributed by atoms with E-state index in [0.717, 1.165) is 18.6 Å². The van der Waals surface area contributed by atoms with Gasteiger partial charge in [0, 0.05) is 24.5 Å². The van der Waals surface area contributed by atoms with Gasteiger partial charge in [0.1, 0.15) is 23.1 Å². The number of alkyl halides is 2. The van der Waals surface area contributed by atoms with Crippen LogP contribution in [0.2, 0.25) is 0 Å². The van der Waals surface area contributed by atoms with Crippen LogP contribution in [0.4, 0.5) is 29.5 Å². The number of halogens is 3. The van der Waals surface area contributed by atoms with E-state index in [0.29, 0.717) is 30.1 Å². The maximum absolute atomic E-state index is 13.9. The summed E-state index contributed by atoms with van der Waals surface area (Å²) in [5, 5.41) is 16.1. The van der Waals surface area contributed by atoms with Gasteiger partial charge in [-0.25, -0.2) is 27.5 Å². The summed E-state index contributed by atoms with van der Waals surface area (Å²) in [6.45, 7) is 0.694. The maximum atomic E-state index is 13.9. The van der Waals surface area contributed by atoms with Crippen LogP contribution < -0.4 is 10.2 Å². The third-order valence-corrected chi connectivity index (χ3v) is 5.68. The number of aliphatic hydroxyl groups excluding tert-OH is 1. The van der Waals surface area contributed by atoms with Gasteiger partial charge in [-0.2, -0.15) is 5.10 Å². The number of amides is 2. The number of nitrogens with zero attached hydrogens (tertiary/aromatic N) is 5. The van der Waals surface area contributed by atoms with Gasteiger partial charge in [0.15, 0.2) is 5.65 Å². The summed E-state index contributed by atoms with van der Waals surface area (Å²) in [7, 11) is 0. The highest BCUT2D eigenvalue weighted by molar-refractivity contribution is 5.94. The van der Waals surface area contributed by atoms with E-state index < -0.39 is 24.3 Å². The Balaban J connectivity index is 1.47. The summed E-state index contributed by atoms with van der Waals surface area (Å²) in [4.78, 5) is 20.0. The van der Waals surface area contributed by atoms with E-state index in [-0.39, 0.29) is 23.4 Å². The van der Waals surface area contributed by atoms with Gasteiger partial charge in [0.2, 0.25) is 0 Å². The van der Waals surface area contributed by atoms with Crippen LogP contribution in [-0.4, -0.2) is 43.7 Å². The summed E-state index contributed by atoms with van der Waals surface area (Å²) in [6, 6.07) is 4.17. The van der Waals surface area contributed by atoms with Crippen molar-refractivity contribution in [3.05, 3.63) is 65.6 Å². The van der Waals surface area contributed by atoms with Crippen molar-refractivity contribution in [3.63, 3.8) is 0 Å². The molecule has 4 heterocycles. The molecule has 0 aliphatic carbocycles. The number of hydrogen-bond donors (Lipinski definition) is 2. The summed E-state index contributed by atoms with van der Waals surface area (Å²) >= 11 is 0. The highest BCUT2D eigenvalue weighted by Crippen LogP contribution is 2.39. The number of benzene rings is 1. The summed E-state index contributed by atoms with van der Waals surface area (Å²) < 4.78 is 42.5. The molecule has 1 fully saturated rings.